The van der Waals surface area contributed by atoms with Crippen LogP contribution in [0.3, 0.4) is 0 Å². The molecule has 0 fully saturated rings. The Bertz CT molecular complexity index is 726. The number of fused-ring (bicyclic) bond motifs is 1. The first kappa shape index (κ1) is 19.0. The number of nitrogens with zero attached hydrogens (tertiary/aromatic N) is 1. The van der Waals surface area contributed by atoms with Gasteiger partial charge in [0, 0.05) is 24.4 Å². The van der Waals surface area contributed by atoms with Crippen molar-refractivity contribution in [2.24, 2.45) is 5.92 Å². The summed E-state index contributed by atoms with van der Waals surface area (Å²) in [5, 5.41) is 8.74. The Morgan fingerprint density at radius 2 is 2.04 bits per heavy atom. The van der Waals surface area contributed by atoms with Crippen LogP contribution in [-0.4, -0.2) is 23.7 Å². The topological polar surface area (TPSA) is 40.5 Å². The van der Waals surface area contributed by atoms with Crippen LogP contribution in [0.5, 0.6) is 0 Å². The van der Waals surface area contributed by atoms with Crippen LogP contribution >= 0.6 is 0 Å². The molecule has 0 bridgehead atoms. The molecule has 0 saturated carbocycles. The predicted molar refractivity (Wildman–Crippen MR) is 106 cm³/mol. The van der Waals surface area contributed by atoms with Crippen molar-refractivity contribution in [1.29, 1.82) is 0 Å². The molecule has 0 saturated heterocycles. The number of aliphatic carboxylic acids is 1. The second-order valence-corrected chi connectivity index (χ2v) is 7.33. The number of carbonyl (C=O) groups is 1. The lowest BCUT2D eigenvalue weighted by Gasteiger charge is -2.38. The highest BCUT2D eigenvalue weighted by atomic mass is 16.4. The second kappa shape index (κ2) is 8.19. The van der Waals surface area contributed by atoms with Crippen molar-refractivity contribution in [3.05, 3.63) is 59.2 Å². The van der Waals surface area contributed by atoms with E-state index in [1.54, 1.807) is 6.92 Å². The van der Waals surface area contributed by atoms with Crippen molar-refractivity contribution < 1.29 is 9.90 Å². The van der Waals surface area contributed by atoms with Crippen LogP contribution < -0.4 is 4.90 Å². The van der Waals surface area contributed by atoms with E-state index in [4.69, 9.17) is 5.11 Å². The second-order valence-electron chi connectivity index (χ2n) is 7.33. The van der Waals surface area contributed by atoms with Gasteiger partial charge in [0.15, 0.2) is 0 Å². The molecule has 1 aromatic rings. The molecule has 1 aliphatic heterocycles. The van der Waals surface area contributed by atoms with E-state index in [1.165, 1.54) is 28.5 Å². The van der Waals surface area contributed by atoms with Gasteiger partial charge in [-0.15, -0.1) is 0 Å². The Kier molecular flexibility index (Phi) is 6.24. The average molecular weight is 339 g/mol. The molecule has 1 aliphatic rings. The molecule has 1 heterocycles. The molecule has 0 amide bonds. The van der Waals surface area contributed by atoms with Crippen LogP contribution in [0.1, 0.15) is 45.7 Å². The predicted octanol–water partition coefficient (Wildman–Crippen LogP) is 5.08. The highest BCUT2D eigenvalue weighted by Gasteiger charge is 2.23. The zero-order valence-electron chi connectivity index (χ0n) is 15.9. The van der Waals surface area contributed by atoms with E-state index < -0.39 is 5.97 Å². The molecule has 1 aromatic carbocycles. The maximum atomic E-state index is 10.6. The normalized spacial score (nSPS) is 18.8. The van der Waals surface area contributed by atoms with Gasteiger partial charge in [-0.25, -0.2) is 4.79 Å². The van der Waals surface area contributed by atoms with Gasteiger partial charge in [0.05, 0.1) is 0 Å². The summed E-state index contributed by atoms with van der Waals surface area (Å²) in [4.78, 5) is 13.1. The first-order valence-corrected chi connectivity index (χ1v) is 8.94. The fourth-order valence-corrected chi connectivity index (χ4v) is 3.32. The van der Waals surface area contributed by atoms with Crippen molar-refractivity contribution in [3.8, 4) is 0 Å². The summed E-state index contributed by atoms with van der Waals surface area (Å²) in [6, 6.07) is 7.24. The summed E-state index contributed by atoms with van der Waals surface area (Å²) in [6.07, 6.45) is 8.09. The molecule has 1 atom stereocenters. The first-order chi connectivity index (χ1) is 11.8. The van der Waals surface area contributed by atoms with Gasteiger partial charge in [-0.05, 0) is 74.4 Å². The number of hydrogen-bond donors (Lipinski definition) is 1. The van der Waals surface area contributed by atoms with Crippen molar-refractivity contribution >= 4 is 17.2 Å². The number of hydrogen-bond acceptors (Lipinski definition) is 2. The minimum atomic E-state index is -0.915. The summed E-state index contributed by atoms with van der Waals surface area (Å²) in [6.45, 7) is 11.8. The van der Waals surface area contributed by atoms with E-state index in [2.05, 4.69) is 50.8 Å². The summed E-state index contributed by atoms with van der Waals surface area (Å²) in [5.41, 5.74) is 5.91. The Morgan fingerprint density at radius 1 is 1.32 bits per heavy atom. The number of rotatable bonds is 5. The molecule has 1 unspecified atom stereocenters. The molecule has 25 heavy (non-hydrogen) atoms. The molecule has 2 rings (SSSR count). The number of allylic oxidation sites excluding steroid dienone is 5. The zero-order chi connectivity index (χ0) is 18.6. The number of anilines is 1. The van der Waals surface area contributed by atoms with Gasteiger partial charge in [0.1, 0.15) is 0 Å². The summed E-state index contributed by atoms with van der Waals surface area (Å²) >= 11 is 0. The van der Waals surface area contributed by atoms with Gasteiger partial charge < -0.3 is 10.0 Å². The number of benzene rings is 1. The van der Waals surface area contributed by atoms with E-state index in [9.17, 15) is 4.79 Å². The molecule has 3 heteroatoms. The molecular formula is C22H29NO2. The van der Waals surface area contributed by atoms with Crippen LogP contribution in [0, 0.1) is 5.92 Å². The highest BCUT2D eigenvalue weighted by molar-refractivity contribution is 5.81. The van der Waals surface area contributed by atoms with Gasteiger partial charge in [-0.3, -0.25) is 0 Å². The Balaban J connectivity index is 2.23. The van der Waals surface area contributed by atoms with Crippen LogP contribution in [0.15, 0.2) is 48.1 Å². The standard InChI is InChI=1S/C22H29NO2/c1-15(2)23-14-17(4)11-20-13-19(9-10-21(20)23)18(5)8-6-7-16(3)12-22(24)25/h6-10,12-13,15,17H,11,14H2,1-5H3,(H,24,25)/b7-6+,16-12+,18-8+. The van der Waals surface area contributed by atoms with Crippen LogP contribution in [-0.2, 0) is 11.2 Å². The first-order valence-electron chi connectivity index (χ1n) is 8.94. The third-order valence-corrected chi connectivity index (χ3v) is 4.60. The minimum Gasteiger partial charge on any atom is -0.478 e. The van der Waals surface area contributed by atoms with Crippen molar-refractivity contribution in [2.45, 2.75) is 47.1 Å². The third-order valence-electron chi connectivity index (χ3n) is 4.60. The SMILES string of the molecule is CC(/C=C/C=C(\C)c1ccc2c(c1)CC(C)CN2C(C)C)=C\C(=O)O. The van der Waals surface area contributed by atoms with Gasteiger partial charge >= 0.3 is 5.97 Å². The van der Waals surface area contributed by atoms with Crippen LogP contribution in [0.4, 0.5) is 5.69 Å². The van der Waals surface area contributed by atoms with Crippen molar-refractivity contribution in [3.63, 3.8) is 0 Å². The Morgan fingerprint density at radius 3 is 2.68 bits per heavy atom. The van der Waals surface area contributed by atoms with Crippen molar-refractivity contribution in [2.75, 3.05) is 11.4 Å². The van der Waals surface area contributed by atoms with E-state index in [-0.39, 0.29) is 0 Å². The molecule has 0 aromatic heterocycles. The van der Waals surface area contributed by atoms with E-state index in [0.29, 0.717) is 12.0 Å². The third kappa shape index (κ3) is 5.09. The molecular weight excluding hydrogens is 310 g/mol. The quantitative estimate of drug-likeness (QED) is 0.600. The maximum absolute atomic E-state index is 10.6. The average Bonchev–Trinajstić information content (AvgIpc) is 2.52. The lowest BCUT2D eigenvalue weighted by Crippen LogP contribution is -2.39. The Labute approximate surface area is 151 Å². The smallest absolute Gasteiger partial charge is 0.328 e. The Hall–Kier alpha value is -2.29. The fourth-order valence-electron chi connectivity index (χ4n) is 3.32. The molecule has 0 spiro atoms. The lowest BCUT2D eigenvalue weighted by atomic mass is 9.90. The molecule has 0 aliphatic carbocycles. The van der Waals surface area contributed by atoms with Gasteiger partial charge in [-0.2, -0.15) is 0 Å². The van der Waals surface area contributed by atoms with E-state index in [1.807, 2.05) is 18.2 Å². The van der Waals surface area contributed by atoms with E-state index >= 15 is 0 Å². The van der Waals surface area contributed by atoms with Gasteiger partial charge in [0.25, 0.3) is 0 Å². The molecule has 3 nitrogen and oxygen atoms in total. The maximum Gasteiger partial charge on any atom is 0.328 e. The molecule has 134 valence electrons. The van der Waals surface area contributed by atoms with Crippen LogP contribution in [0.25, 0.3) is 5.57 Å². The van der Waals surface area contributed by atoms with Crippen LogP contribution in [0.2, 0.25) is 0 Å². The van der Waals surface area contributed by atoms with Gasteiger partial charge in [-0.1, -0.05) is 31.2 Å². The van der Waals surface area contributed by atoms with Crippen molar-refractivity contribution in [1.82, 2.24) is 0 Å². The summed E-state index contributed by atoms with van der Waals surface area (Å²) in [5.74, 6) is -0.250. The summed E-state index contributed by atoms with van der Waals surface area (Å²) < 4.78 is 0. The monoisotopic (exact) mass is 339 g/mol. The van der Waals surface area contributed by atoms with Gasteiger partial charge in [0.2, 0.25) is 0 Å². The zero-order valence-corrected chi connectivity index (χ0v) is 15.9. The molecule has 0 radical (unpaired) electrons. The lowest BCUT2D eigenvalue weighted by molar-refractivity contribution is -0.131. The number of carboxylic acids is 1. The largest absolute Gasteiger partial charge is 0.478 e. The summed E-state index contributed by atoms with van der Waals surface area (Å²) in [7, 11) is 0. The molecule has 1 N–H and O–H groups in total. The highest BCUT2D eigenvalue weighted by Crippen LogP contribution is 2.33. The minimum absolute atomic E-state index is 0.510. The van der Waals surface area contributed by atoms with E-state index in [0.717, 1.165) is 18.5 Å². The number of carboxylic acid groups (broad SMARTS) is 1. The fraction of sp³-hybridized carbons (Fsp3) is 0.409.